The van der Waals surface area contributed by atoms with Gasteiger partial charge in [0, 0.05) is 13.0 Å². The van der Waals surface area contributed by atoms with Crippen LogP contribution in [0.3, 0.4) is 0 Å². The van der Waals surface area contributed by atoms with Crippen LogP contribution in [-0.2, 0) is 9.59 Å². The Kier molecular flexibility index (Phi) is 9.15. The summed E-state index contributed by atoms with van der Waals surface area (Å²) < 4.78 is 0. The van der Waals surface area contributed by atoms with Crippen molar-refractivity contribution in [3.8, 4) is 0 Å². The zero-order chi connectivity index (χ0) is 14.7. The molecule has 0 aromatic heterocycles. The number of urea groups is 1. The third kappa shape index (κ3) is 9.83. The van der Waals surface area contributed by atoms with E-state index in [-0.39, 0.29) is 12.8 Å². The largest absolute Gasteiger partial charge is 0.480 e. The molecule has 6 N–H and O–H groups in total. The Morgan fingerprint density at radius 3 is 2.47 bits per heavy atom. The van der Waals surface area contributed by atoms with E-state index in [1.54, 1.807) is 0 Å². The number of rotatable bonds is 10. The van der Waals surface area contributed by atoms with Crippen molar-refractivity contribution in [1.82, 2.24) is 16.0 Å². The van der Waals surface area contributed by atoms with Crippen LogP contribution in [0.25, 0.3) is 0 Å². The van der Waals surface area contributed by atoms with Gasteiger partial charge in [-0.2, -0.15) is 0 Å². The Bertz CT molecular complexity index is 309. The maximum Gasteiger partial charge on any atom is 0.326 e. The molecule has 0 aliphatic rings. The lowest BCUT2D eigenvalue weighted by atomic mass is 10.1. The highest BCUT2D eigenvalue weighted by molar-refractivity contribution is 5.83. The number of nitrogens with one attached hydrogen (secondary N) is 3. The Hall–Kier alpha value is -1.83. The number of hydrogen-bond acceptors (Lipinski definition) is 4. The van der Waals surface area contributed by atoms with E-state index in [2.05, 4.69) is 16.0 Å². The lowest BCUT2D eigenvalue weighted by Crippen LogP contribution is -2.46. The minimum atomic E-state index is -1.19. The van der Waals surface area contributed by atoms with Crippen LogP contribution in [0, 0.1) is 0 Å². The average molecular weight is 274 g/mol. The molecule has 19 heavy (non-hydrogen) atoms. The second-order valence-corrected chi connectivity index (χ2v) is 4.00. The fraction of sp³-hybridized carbons (Fsp3) is 0.727. The predicted octanol–water partition coefficient (Wildman–Crippen LogP) is -0.996. The number of carbonyl (C=O) groups is 3. The maximum atomic E-state index is 11.4. The Morgan fingerprint density at radius 2 is 1.95 bits per heavy atom. The molecule has 0 radical (unpaired) electrons. The van der Waals surface area contributed by atoms with E-state index in [1.807, 2.05) is 6.92 Å². The van der Waals surface area contributed by atoms with Gasteiger partial charge in [0.15, 0.2) is 0 Å². The molecule has 0 bridgehead atoms. The first kappa shape index (κ1) is 17.2. The molecule has 3 amide bonds. The number of primary amides is 1. The van der Waals surface area contributed by atoms with Crippen LogP contribution in [0.5, 0.6) is 0 Å². The van der Waals surface area contributed by atoms with Crippen LogP contribution in [0.1, 0.15) is 26.2 Å². The number of hydrogen-bond donors (Lipinski definition) is 5. The van der Waals surface area contributed by atoms with Gasteiger partial charge in [0.25, 0.3) is 0 Å². The molecule has 0 unspecified atom stereocenters. The number of carbonyl (C=O) groups excluding carboxylic acids is 2. The molecule has 0 aromatic carbocycles. The summed E-state index contributed by atoms with van der Waals surface area (Å²) in [6.45, 7) is 4.07. The summed E-state index contributed by atoms with van der Waals surface area (Å²) in [6.07, 6.45) is 0.646. The molecule has 110 valence electrons. The number of nitrogens with two attached hydrogens (primary N) is 1. The molecule has 0 spiro atoms. The van der Waals surface area contributed by atoms with Gasteiger partial charge in [0.05, 0.1) is 0 Å². The summed E-state index contributed by atoms with van der Waals surface area (Å²) in [5.74, 6) is -1.79. The van der Waals surface area contributed by atoms with Crippen LogP contribution in [0.15, 0.2) is 0 Å². The SMILES string of the molecule is CCNCCCNC(=O)N[C@@H](CCC(N)=O)C(=O)O. The normalized spacial score (nSPS) is 11.6. The summed E-state index contributed by atoms with van der Waals surface area (Å²) in [4.78, 5) is 32.8. The molecule has 8 nitrogen and oxygen atoms in total. The summed E-state index contributed by atoms with van der Waals surface area (Å²) in [7, 11) is 0. The quantitative estimate of drug-likeness (QED) is 0.326. The second-order valence-electron chi connectivity index (χ2n) is 4.00. The molecule has 0 aliphatic heterocycles. The van der Waals surface area contributed by atoms with Crippen molar-refractivity contribution in [2.45, 2.75) is 32.2 Å². The Labute approximate surface area is 112 Å². The maximum absolute atomic E-state index is 11.4. The standard InChI is InChI=1S/C11H22N4O4/c1-2-13-6-3-7-14-11(19)15-8(10(17)18)4-5-9(12)16/h8,13H,2-7H2,1H3,(H2,12,16)(H,17,18)(H2,14,15,19)/t8-/m0/s1. The third-order valence-electron chi connectivity index (χ3n) is 2.35. The average Bonchev–Trinajstić information content (AvgIpc) is 2.33. The van der Waals surface area contributed by atoms with Crippen LogP contribution in [0.4, 0.5) is 4.79 Å². The van der Waals surface area contributed by atoms with E-state index >= 15 is 0 Å². The third-order valence-corrected chi connectivity index (χ3v) is 2.35. The molecule has 8 heteroatoms. The molecule has 0 rings (SSSR count). The van der Waals surface area contributed by atoms with Crippen molar-refractivity contribution >= 4 is 17.9 Å². The molecule has 0 heterocycles. The predicted molar refractivity (Wildman–Crippen MR) is 69.5 cm³/mol. The highest BCUT2D eigenvalue weighted by Gasteiger charge is 2.20. The summed E-state index contributed by atoms with van der Waals surface area (Å²) in [5.41, 5.74) is 4.93. The van der Waals surface area contributed by atoms with E-state index in [0.717, 1.165) is 19.5 Å². The van der Waals surface area contributed by atoms with Crippen molar-refractivity contribution in [2.24, 2.45) is 5.73 Å². The monoisotopic (exact) mass is 274 g/mol. The van der Waals surface area contributed by atoms with Gasteiger partial charge in [-0.25, -0.2) is 9.59 Å². The first-order chi connectivity index (χ1) is 8.97. The van der Waals surface area contributed by atoms with E-state index in [1.165, 1.54) is 0 Å². The van der Waals surface area contributed by atoms with E-state index < -0.39 is 23.9 Å². The first-order valence-corrected chi connectivity index (χ1v) is 6.23. The van der Waals surface area contributed by atoms with Crippen LogP contribution in [-0.4, -0.2) is 48.7 Å². The second kappa shape index (κ2) is 10.1. The smallest absolute Gasteiger partial charge is 0.326 e. The van der Waals surface area contributed by atoms with Gasteiger partial charge in [-0.15, -0.1) is 0 Å². The fourth-order valence-electron chi connectivity index (χ4n) is 1.35. The summed E-state index contributed by atoms with van der Waals surface area (Å²) in [6, 6.07) is -1.67. The van der Waals surface area contributed by atoms with Crippen LogP contribution in [0.2, 0.25) is 0 Å². The van der Waals surface area contributed by atoms with Crippen LogP contribution >= 0.6 is 0 Å². The molecular formula is C11H22N4O4. The fourth-order valence-corrected chi connectivity index (χ4v) is 1.35. The van der Waals surface area contributed by atoms with Gasteiger partial charge in [-0.05, 0) is 25.9 Å². The Balaban J connectivity index is 3.90. The van der Waals surface area contributed by atoms with Crippen molar-refractivity contribution in [2.75, 3.05) is 19.6 Å². The zero-order valence-corrected chi connectivity index (χ0v) is 11.1. The van der Waals surface area contributed by atoms with Crippen molar-refractivity contribution < 1.29 is 19.5 Å². The van der Waals surface area contributed by atoms with Gasteiger partial charge in [-0.1, -0.05) is 6.92 Å². The summed E-state index contributed by atoms with van der Waals surface area (Å²) >= 11 is 0. The number of amides is 3. The molecule has 0 aliphatic carbocycles. The number of aliphatic carboxylic acids is 1. The number of carboxylic acid groups (broad SMARTS) is 1. The molecule has 1 atom stereocenters. The van der Waals surface area contributed by atoms with E-state index in [9.17, 15) is 14.4 Å². The minimum Gasteiger partial charge on any atom is -0.480 e. The highest BCUT2D eigenvalue weighted by atomic mass is 16.4. The van der Waals surface area contributed by atoms with Crippen molar-refractivity contribution in [3.63, 3.8) is 0 Å². The molecule has 0 fully saturated rings. The highest BCUT2D eigenvalue weighted by Crippen LogP contribution is 1.97. The van der Waals surface area contributed by atoms with Gasteiger partial charge < -0.3 is 26.8 Å². The van der Waals surface area contributed by atoms with Gasteiger partial charge in [0.1, 0.15) is 6.04 Å². The lowest BCUT2D eigenvalue weighted by molar-refractivity contribution is -0.139. The lowest BCUT2D eigenvalue weighted by Gasteiger charge is -2.14. The van der Waals surface area contributed by atoms with Crippen molar-refractivity contribution in [3.05, 3.63) is 0 Å². The van der Waals surface area contributed by atoms with Crippen LogP contribution < -0.4 is 21.7 Å². The summed E-state index contributed by atoms with van der Waals surface area (Å²) in [5, 5.41) is 16.8. The topological polar surface area (TPSA) is 134 Å². The van der Waals surface area contributed by atoms with E-state index in [0.29, 0.717) is 6.54 Å². The van der Waals surface area contributed by atoms with Gasteiger partial charge in [0.2, 0.25) is 5.91 Å². The molecule has 0 saturated heterocycles. The van der Waals surface area contributed by atoms with E-state index in [4.69, 9.17) is 10.8 Å². The number of carboxylic acids is 1. The minimum absolute atomic E-state index is 0.0184. The van der Waals surface area contributed by atoms with Gasteiger partial charge in [-0.3, -0.25) is 4.79 Å². The molecule has 0 aromatic rings. The van der Waals surface area contributed by atoms with Crippen molar-refractivity contribution in [1.29, 1.82) is 0 Å². The molecule has 0 saturated carbocycles. The zero-order valence-electron chi connectivity index (χ0n) is 11.1. The van der Waals surface area contributed by atoms with Gasteiger partial charge >= 0.3 is 12.0 Å². The first-order valence-electron chi connectivity index (χ1n) is 6.23. The molecular weight excluding hydrogens is 252 g/mol. The Morgan fingerprint density at radius 1 is 1.26 bits per heavy atom.